The second-order valence-corrected chi connectivity index (χ2v) is 6.03. The van der Waals surface area contributed by atoms with Gasteiger partial charge in [-0.1, -0.05) is 30.3 Å². The van der Waals surface area contributed by atoms with Crippen LogP contribution >= 0.6 is 0 Å². The number of rotatable bonds is 4. The molecule has 0 aromatic heterocycles. The minimum Gasteiger partial charge on any atom is -0.497 e. The molecule has 23 heavy (non-hydrogen) atoms. The second kappa shape index (κ2) is 7.09. The summed E-state index contributed by atoms with van der Waals surface area (Å²) in [5.74, 6) is 0.294. The molecule has 0 N–H and O–H groups in total. The van der Waals surface area contributed by atoms with Gasteiger partial charge in [0, 0.05) is 5.56 Å². The Labute approximate surface area is 136 Å². The number of ether oxygens (including phenoxy) is 2. The lowest BCUT2D eigenvalue weighted by Gasteiger charge is -2.20. The predicted octanol–water partition coefficient (Wildman–Crippen LogP) is 4.16. The van der Waals surface area contributed by atoms with E-state index < -0.39 is 11.6 Å². The van der Waals surface area contributed by atoms with Crippen LogP contribution in [0.2, 0.25) is 0 Å². The largest absolute Gasteiger partial charge is 0.497 e. The number of benzene rings is 2. The number of aliphatic imine (C=N–C) groups is 1. The second-order valence-electron chi connectivity index (χ2n) is 6.03. The van der Waals surface area contributed by atoms with Crippen molar-refractivity contribution in [3.63, 3.8) is 0 Å². The number of hydrogen-bond donors (Lipinski definition) is 0. The third-order valence-electron chi connectivity index (χ3n) is 2.95. The SMILES string of the molecule is COc1ccc(N=C(C(=O)OC(C)(C)C)c2ccccc2)cc1. The summed E-state index contributed by atoms with van der Waals surface area (Å²) in [6.07, 6.45) is 0. The van der Waals surface area contributed by atoms with Gasteiger partial charge in [-0.3, -0.25) is 0 Å². The van der Waals surface area contributed by atoms with Crippen LogP contribution in [0, 0.1) is 0 Å². The molecule has 0 radical (unpaired) electrons. The van der Waals surface area contributed by atoms with E-state index in [9.17, 15) is 4.79 Å². The number of carbonyl (C=O) groups excluding carboxylic acids is 1. The Kier molecular flexibility index (Phi) is 5.16. The molecule has 0 spiro atoms. The molecule has 0 aliphatic carbocycles. The Bertz CT molecular complexity index is 683. The van der Waals surface area contributed by atoms with Crippen LogP contribution in [0.25, 0.3) is 0 Å². The minimum absolute atomic E-state index is 0.283. The van der Waals surface area contributed by atoms with Gasteiger partial charge in [-0.05, 0) is 45.0 Å². The Hall–Kier alpha value is -2.62. The highest BCUT2D eigenvalue weighted by Gasteiger charge is 2.22. The lowest BCUT2D eigenvalue weighted by atomic mass is 10.1. The number of methoxy groups -OCH3 is 1. The van der Waals surface area contributed by atoms with Gasteiger partial charge in [-0.2, -0.15) is 0 Å². The molecule has 4 nitrogen and oxygen atoms in total. The number of carbonyl (C=O) groups is 1. The lowest BCUT2D eigenvalue weighted by Crippen LogP contribution is -2.29. The number of hydrogen-bond acceptors (Lipinski definition) is 4. The van der Waals surface area contributed by atoms with Crippen molar-refractivity contribution in [2.75, 3.05) is 7.11 Å². The van der Waals surface area contributed by atoms with E-state index in [2.05, 4.69) is 4.99 Å². The van der Waals surface area contributed by atoms with Gasteiger partial charge in [0.05, 0.1) is 12.8 Å². The number of nitrogens with zero attached hydrogens (tertiary/aromatic N) is 1. The van der Waals surface area contributed by atoms with Crippen molar-refractivity contribution in [2.24, 2.45) is 4.99 Å². The Morgan fingerprint density at radius 2 is 1.57 bits per heavy atom. The third kappa shape index (κ3) is 4.95. The average Bonchev–Trinajstić information content (AvgIpc) is 2.52. The van der Waals surface area contributed by atoms with Gasteiger partial charge < -0.3 is 9.47 Å². The molecule has 0 unspecified atom stereocenters. The van der Waals surface area contributed by atoms with Crippen LogP contribution in [-0.2, 0) is 9.53 Å². The van der Waals surface area contributed by atoms with Crippen LogP contribution in [0.15, 0.2) is 59.6 Å². The molecule has 0 heterocycles. The van der Waals surface area contributed by atoms with Gasteiger partial charge in [-0.25, -0.2) is 9.79 Å². The maximum absolute atomic E-state index is 12.5. The average molecular weight is 311 g/mol. The van der Waals surface area contributed by atoms with Crippen molar-refractivity contribution in [1.82, 2.24) is 0 Å². The Balaban J connectivity index is 2.40. The maximum Gasteiger partial charge on any atom is 0.358 e. The first kappa shape index (κ1) is 16.7. The summed E-state index contributed by atoms with van der Waals surface area (Å²) in [6.45, 7) is 5.50. The van der Waals surface area contributed by atoms with Crippen molar-refractivity contribution in [3.8, 4) is 5.75 Å². The zero-order valence-electron chi connectivity index (χ0n) is 13.9. The zero-order valence-corrected chi connectivity index (χ0v) is 13.9. The molecule has 0 saturated heterocycles. The number of esters is 1. The van der Waals surface area contributed by atoms with E-state index in [-0.39, 0.29) is 5.71 Å². The van der Waals surface area contributed by atoms with Crippen molar-refractivity contribution >= 4 is 17.4 Å². The first-order valence-electron chi connectivity index (χ1n) is 7.40. The molecule has 0 amide bonds. The first-order chi connectivity index (χ1) is 10.9. The topological polar surface area (TPSA) is 47.9 Å². The van der Waals surface area contributed by atoms with Gasteiger partial charge in [0.25, 0.3) is 0 Å². The molecule has 0 fully saturated rings. The van der Waals surface area contributed by atoms with Crippen LogP contribution in [-0.4, -0.2) is 24.4 Å². The van der Waals surface area contributed by atoms with Crippen molar-refractivity contribution in [3.05, 3.63) is 60.2 Å². The van der Waals surface area contributed by atoms with E-state index in [1.165, 1.54) is 0 Å². The van der Waals surface area contributed by atoms with Gasteiger partial charge in [0.2, 0.25) is 0 Å². The Morgan fingerprint density at radius 1 is 0.957 bits per heavy atom. The third-order valence-corrected chi connectivity index (χ3v) is 2.95. The maximum atomic E-state index is 12.5. The van der Waals surface area contributed by atoms with Gasteiger partial charge in [-0.15, -0.1) is 0 Å². The summed E-state index contributed by atoms with van der Waals surface area (Å²) in [4.78, 5) is 17.0. The van der Waals surface area contributed by atoms with Crippen LogP contribution in [0.3, 0.4) is 0 Å². The smallest absolute Gasteiger partial charge is 0.358 e. The summed E-state index contributed by atoms with van der Waals surface area (Å²) in [6, 6.07) is 16.5. The molecule has 120 valence electrons. The van der Waals surface area contributed by atoms with E-state index in [0.717, 1.165) is 11.3 Å². The molecule has 0 bridgehead atoms. The van der Waals surface area contributed by atoms with E-state index in [0.29, 0.717) is 5.69 Å². The van der Waals surface area contributed by atoms with E-state index in [1.54, 1.807) is 31.4 Å². The van der Waals surface area contributed by atoms with E-state index in [4.69, 9.17) is 9.47 Å². The Morgan fingerprint density at radius 3 is 2.09 bits per heavy atom. The standard InChI is InChI=1S/C19H21NO3/c1-19(2,3)23-18(21)17(14-8-6-5-7-9-14)20-15-10-12-16(22-4)13-11-15/h5-13H,1-4H3. The van der Waals surface area contributed by atoms with Gasteiger partial charge in [0.1, 0.15) is 11.4 Å². The molecule has 2 aromatic carbocycles. The lowest BCUT2D eigenvalue weighted by molar-refractivity contribution is -0.146. The van der Waals surface area contributed by atoms with Gasteiger partial charge in [0.15, 0.2) is 5.71 Å². The first-order valence-corrected chi connectivity index (χ1v) is 7.40. The highest BCUT2D eigenvalue weighted by atomic mass is 16.6. The quantitative estimate of drug-likeness (QED) is 0.629. The monoisotopic (exact) mass is 311 g/mol. The molecule has 4 heteroatoms. The minimum atomic E-state index is -0.577. The fourth-order valence-corrected chi connectivity index (χ4v) is 1.94. The van der Waals surface area contributed by atoms with Gasteiger partial charge >= 0.3 is 5.97 Å². The summed E-state index contributed by atoms with van der Waals surface area (Å²) in [5.41, 5.74) is 1.09. The van der Waals surface area contributed by atoms with Crippen LogP contribution < -0.4 is 4.74 Å². The normalized spacial score (nSPS) is 11.9. The molecule has 2 aromatic rings. The van der Waals surface area contributed by atoms with Crippen molar-refractivity contribution in [2.45, 2.75) is 26.4 Å². The van der Waals surface area contributed by atoms with Crippen molar-refractivity contribution in [1.29, 1.82) is 0 Å². The predicted molar refractivity (Wildman–Crippen MR) is 91.5 cm³/mol. The summed E-state index contributed by atoms with van der Waals surface area (Å²) in [7, 11) is 1.61. The summed E-state index contributed by atoms with van der Waals surface area (Å²) < 4.78 is 10.6. The van der Waals surface area contributed by atoms with Crippen molar-refractivity contribution < 1.29 is 14.3 Å². The molecular weight excluding hydrogens is 290 g/mol. The van der Waals surface area contributed by atoms with E-state index >= 15 is 0 Å². The fourth-order valence-electron chi connectivity index (χ4n) is 1.94. The summed E-state index contributed by atoms with van der Waals surface area (Å²) in [5, 5.41) is 0. The molecule has 0 saturated carbocycles. The molecule has 0 aliphatic rings. The van der Waals surface area contributed by atoms with Crippen LogP contribution in [0.4, 0.5) is 5.69 Å². The zero-order chi connectivity index (χ0) is 16.9. The fraction of sp³-hybridized carbons (Fsp3) is 0.263. The summed E-state index contributed by atoms with van der Waals surface area (Å²) >= 11 is 0. The molecule has 2 rings (SSSR count). The van der Waals surface area contributed by atoms with E-state index in [1.807, 2.05) is 51.1 Å². The van der Waals surface area contributed by atoms with Crippen LogP contribution in [0.5, 0.6) is 5.75 Å². The highest BCUT2D eigenvalue weighted by molar-refractivity contribution is 6.43. The van der Waals surface area contributed by atoms with Crippen LogP contribution in [0.1, 0.15) is 26.3 Å². The molecule has 0 atom stereocenters. The molecular formula is C19H21NO3. The molecule has 0 aliphatic heterocycles. The highest BCUT2D eigenvalue weighted by Crippen LogP contribution is 2.20.